The van der Waals surface area contributed by atoms with Gasteiger partial charge in [0.1, 0.15) is 22.0 Å². The first-order valence-corrected chi connectivity index (χ1v) is 23.3. The molecule has 1 saturated carbocycles. The highest BCUT2D eigenvalue weighted by atomic mass is 35.5. The highest BCUT2D eigenvalue weighted by Crippen LogP contribution is 2.44. The Morgan fingerprint density at radius 3 is 2.51 bits per heavy atom. The van der Waals surface area contributed by atoms with Crippen molar-refractivity contribution in [3.63, 3.8) is 0 Å². The van der Waals surface area contributed by atoms with E-state index in [1.54, 1.807) is 37.6 Å². The minimum atomic E-state index is -4.70. The first kappa shape index (κ1) is 44.1. The third-order valence-corrected chi connectivity index (χ3v) is 14.2. The molecule has 14 nitrogen and oxygen atoms in total. The zero-order valence-electron chi connectivity index (χ0n) is 35.8. The van der Waals surface area contributed by atoms with Crippen molar-refractivity contribution in [2.75, 3.05) is 51.3 Å². The van der Waals surface area contributed by atoms with Gasteiger partial charge in [-0.1, -0.05) is 49.2 Å². The standard InChI is InChI=1S/C47H53ClN6O8S/c1-47(2)19-17-34(40(27-47)32-9-11-35(48)12-10-32)29-52-21-23-53(24-22-52)36-13-16-39(42(26-36)62-38-25-33-18-20-49-45(33)50-28-38)46(55)51-63(58,59)43-6-4-5-41(54(56)57)44(43)61-30-31-7-14-37(60-3)15-8-31/h4-6,9-13,16,18,20,25-26,28,31,37H,7-8,14-15,17,19,21-24,27,29-30H2,1-3H3,(H,49,50)(H,51,55). The molecule has 0 spiro atoms. The summed E-state index contributed by atoms with van der Waals surface area (Å²) < 4.78 is 48.0. The topological polar surface area (TPSA) is 169 Å². The number of hydrogen-bond donors (Lipinski definition) is 2. The zero-order valence-corrected chi connectivity index (χ0v) is 37.3. The molecule has 1 amide bonds. The molecule has 0 radical (unpaired) electrons. The molecule has 3 heterocycles. The molecule has 0 atom stereocenters. The van der Waals surface area contributed by atoms with Crippen LogP contribution in [0.15, 0.2) is 95.7 Å². The van der Waals surface area contributed by atoms with Crippen LogP contribution < -0.4 is 19.1 Å². The summed E-state index contributed by atoms with van der Waals surface area (Å²) in [6.07, 6.45) is 9.75. The van der Waals surface area contributed by atoms with E-state index in [9.17, 15) is 23.3 Å². The first-order valence-electron chi connectivity index (χ1n) is 21.4. The van der Waals surface area contributed by atoms with Crippen molar-refractivity contribution in [3.05, 3.63) is 117 Å². The van der Waals surface area contributed by atoms with E-state index in [0.717, 1.165) is 80.7 Å². The molecule has 2 fully saturated rings. The Hall–Kier alpha value is -5.48. The van der Waals surface area contributed by atoms with E-state index < -0.39 is 37.2 Å². The number of methoxy groups -OCH3 is 1. The fraction of sp³-hybridized carbons (Fsp3) is 0.404. The van der Waals surface area contributed by atoms with E-state index >= 15 is 0 Å². The summed E-state index contributed by atoms with van der Waals surface area (Å²) in [6.45, 7) is 8.68. The van der Waals surface area contributed by atoms with Crippen LogP contribution in [0, 0.1) is 21.4 Å². The number of ether oxygens (including phenoxy) is 3. The van der Waals surface area contributed by atoms with Crippen LogP contribution in [0.2, 0.25) is 5.02 Å². The number of nitro groups is 1. The second-order valence-electron chi connectivity index (χ2n) is 17.5. The maximum absolute atomic E-state index is 14.1. The SMILES string of the molecule is COC1CCC(COc2c([N+](=O)[O-])cccc2S(=O)(=O)NC(=O)c2ccc(N3CCN(CC4=C(c5ccc(Cl)cc5)CC(C)(C)CC4)CC3)cc2Oc2cnc3[nH]ccc3c2)CC1. The number of H-pyrrole nitrogens is 1. The molecule has 2 N–H and O–H groups in total. The Morgan fingerprint density at radius 2 is 1.78 bits per heavy atom. The van der Waals surface area contributed by atoms with Crippen molar-refractivity contribution in [2.24, 2.45) is 11.3 Å². The number of nitrogens with zero attached hydrogens (tertiary/aromatic N) is 4. The number of carbonyl (C=O) groups excluding carboxylic acids is 1. The number of amides is 1. The number of sulfonamides is 1. The largest absolute Gasteiger partial charge is 0.486 e. The number of anilines is 1. The van der Waals surface area contributed by atoms with Gasteiger partial charge in [0, 0.05) is 74.3 Å². The fourth-order valence-corrected chi connectivity index (χ4v) is 10.2. The molecular weight excluding hydrogens is 844 g/mol. The van der Waals surface area contributed by atoms with Crippen LogP contribution in [0.3, 0.4) is 0 Å². The van der Waals surface area contributed by atoms with Crippen molar-refractivity contribution in [1.82, 2.24) is 19.6 Å². The van der Waals surface area contributed by atoms with Crippen molar-refractivity contribution in [1.29, 1.82) is 0 Å². The number of fused-ring (bicyclic) bond motifs is 1. The van der Waals surface area contributed by atoms with E-state index in [1.807, 2.05) is 18.2 Å². The van der Waals surface area contributed by atoms with E-state index in [1.165, 1.54) is 41.1 Å². The number of pyridine rings is 1. The number of carbonyl (C=O) groups is 1. The summed E-state index contributed by atoms with van der Waals surface area (Å²) in [4.78, 5) is 37.2. The molecule has 8 rings (SSSR count). The van der Waals surface area contributed by atoms with E-state index in [4.69, 9.17) is 25.8 Å². The lowest BCUT2D eigenvalue weighted by Crippen LogP contribution is -2.47. The Morgan fingerprint density at radius 1 is 1.02 bits per heavy atom. The minimum Gasteiger partial charge on any atom is -0.486 e. The molecule has 3 aromatic carbocycles. The molecule has 5 aromatic rings. The number of para-hydroxylation sites is 1. The third kappa shape index (κ3) is 10.3. The molecule has 2 aliphatic carbocycles. The quantitative estimate of drug-likeness (QED) is 0.0805. The monoisotopic (exact) mass is 896 g/mol. The van der Waals surface area contributed by atoms with E-state index in [0.29, 0.717) is 24.5 Å². The van der Waals surface area contributed by atoms with Crippen molar-refractivity contribution >= 4 is 55.5 Å². The van der Waals surface area contributed by atoms with Crippen LogP contribution in [-0.2, 0) is 14.8 Å². The van der Waals surface area contributed by atoms with Gasteiger partial charge >= 0.3 is 5.69 Å². The fourth-order valence-electron chi connectivity index (χ4n) is 8.95. The molecule has 63 heavy (non-hydrogen) atoms. The maximum atomic E-state index is 14.1. The average molecular weight is 897 g/mol. The Labute approximate surface area is 372 Å². The highest BCUT2D eigenvalue weighted by Gasteiger charge is 2.33. The second kappa shape index (κ2) is 18.7. The number of rotatable bonds is 14. The highest BCUT2D eigenvalue weighted by molar-refractivity contribution is 7.90. The van der Waals surface area contributed by atoms with Gasteiger partial charge in [0.2, 0.25) is 5.75 Å². The zero-order chi connectivity index (χ0) is 44.3. The Kier molecular flexibility index (Phi) is 13.1. The summed E-state index contributed by atoms with van der Waals surface area (Å²) in [5, 5.41) is 13.6. The number of halogens is 1. The van der Waals surface area contributed by atoms with Crippen LogP contribution in [0.25, 0.3) is 16.6 Å². The second-order valence-corrected chi connectivity index (χ2v) is 19.6. The molecule has 0 bridgehead atoms. The average Bonchev–Trinajstić information content (AvgIpc) is 3.75. The van der Waals surface area contributed by atoms with Crippen molar-refractivity contribution in [2.45, 2.75) is 69.8 Å². The number of nitro benzene ring substituents is 1. The van der Waals surface area contributed by atoms with Gasteiger partial charge in [-0.25, -0.2) is 18.1 Å². The maximum Gasteiger partial charge on any atom is 0.312 e. The van der Waals surface area contributed by atoms with Crippen LogP contribution in [-0.4, -0.2) is 86.7 Å². The number of aromatic nitrogens is 2. The van der Waals surface area contributed by atoms with Gasteiger partial charge < -0.3 is 24.1 Å². The van der Waals surface area contributed by atoms with Gasteiger partial charge in [0.25, 0.3) is 15.9 Å². The molecular formula is C47H53ClN6O8S. The summed E-state index contributed by atoms with van der Waals surface area (Å²) in [6, 6.07) is 20.5. The van der Waals surface area contributed by atoms with Crippen LogP contribution in [0.4, 0.5) is 11.4 Å². The lowest BCUT2D eigenvalue weighted by atomic mass is 9.72. The lowest BCUT2D eigenvalue weighted by molar-refractivity contribution is -0.386. The number of hydrogen-bond acceptors (Lipinski definition) is 11. The Bertz CT molecular complexity index is 2620. The predicted octanol–water partition coefficient (Wildman–Crippen LogP) is 9.41. The number of nitrogens with one attached hydrogen (secondary N) is 2. The summed E-state index contributed by atoms with van der Waals surface area (Å²) in [7, 11) is -3.03. The molecule has 16 heteroatoms. The number of aromatic amines is 1. The van der Waals surface area contributed by atoms with Crippen molar-refractivity contribution < 1.29 is 32.3 Å². The van der Waals surface area contributed by atoms with Gasteiger partial charge in [-0.2, -0.15) is 0 Å². The number of piperazine rings is 1. The van der Waals surface area contributed by atoms with Crippen LogP contribution in [0.5, 0.6) is 17.2 Å². The predicted molar refractivity (Wildman–Crippen MR) is 243 cm³/mol. The lowest BCUT2D eigenvalue weighted by Gasteiger charge is -2.39. The Balaban J connectivity index is 1.02. The summed E-state index contributed by atoms with van der Waals surface area (Å²) in [5.74, 6) is -0.886. The number of allylic oxidation sites excluding steroid dienone is 1. The summed E-state index contributed by atoms with van der Waals surface area (Å²) >= 11 is 6.25. The molecule has 1 saturated heterocycles. The molecule has 1 aliphatic heterocycles. The number of benzene rings is 3. The third-order valence-electron chi connectivity index (χ3n) is 12.6. The van der Waals surface area contributed by atoms with E-state index in [-0.39, 0.29) is 35.4 Å². The normalized spacial score (nSPS) is 19.5. The molecule has 332 valence electrons. The van der Waals surface area contributed by atoms with Crippen molar-refractivity contribution in [3.8, 4) is 17.2 Å². The summed E-state index contributed by atoms with van der Waals surface area (Å²) in [5.41, 5.74) is 5.21. The van der Waals surface area contributed by atoms with Gasteiger partial charge in [-0.05, 0) is 110 Å². The van der Waals surface area contributed by atoms with E-state index in [2.05, 4.69) is 50.5 Å². The minimum absolute atomic E-state index is 0.0532. The van der Waals surface area contributed by atoms with Gasteiger partial charge in [-0.3, -0.25) is 19.8 Å². The molecule has 2 aromatic heterocycles. The van der Waals surface area contributed by atoms with Gasteiger partial charge in [-0.15, -0.1) is 0 Å². The first-order chi connectivity index (χ1) is 30.2. The van der Waals surface area contributed by atoms with Crippen LogP contribution >= 0.6 is 11.6 Å². The van der Waals surface area contributed by atoms with Gasteiger partial charge in [0.15, 0.2) is 0 Å². The smallest absolute Gasteiger partial charge is 0.312 e. The molecule has 3 aliphatic rings. The van der Waals surface area contributed by atoms with Gasteiger partial charge in [0.05, 0.1) is 29.4 Å². The molecule has 0 unspecified atom stereocenters. The van der Waals surface area contributed by atoms with Crippen LogP contribution in [0.1, 0.15) is 74.7 Å².